The number of aliphatic hydroxyl groups is 2. The van der Waals surface area contributed by atoms with E-state index in [1.54, 1.807) is 36.4 Å². The summed E-state index contributed by atoms with van der Waals surface area (Å²) in [7, 11) is 0. The normalized spacial score (nSPS) is 8.33. The first-order valence-electron chi connectivity index (χ1n) is 5.56. The third-order valence-corrected chi connectivity index (χ3v) is 2.75. The van der Waals surface area contributed by atoms with Crippen molar-refractivity contribution < 1.29 is 10.2 Å². The van der Waals surface area contributed by atoms with Gasteiger partial charge in [-0.15, -0.1) is 0 Å². The first-order valence-corrected chi connectivity index (χ1v) is 6.38. The van der Waals surface area contributed by atoms with E-state index in [-0.39, 0.29) is 39.7 Å². The van der Waals surface area contributed by atoms with Gasteiger partial charge in [0, 0.05) is 11.1 Å². The van der Waals surface area contributed by atoms with Crippen LogP contribution in [0.3, 0.4) is 0 Å². The Morgan fingerprint density at radius 1 is 0.810 bits per heavy atom. The summed E-state index contributed by atoms with van der Waals surface area (Å²) in [6.45, 7) is 0. The molecule has 0 heterocycles. The van der Waals surface area contributed by atoms with Crippen LogP contribution in [0.5, 0.6) is 0 Å². The van der Waals surface area contributed by atoms with Gasteiger partial charge in [-0.3, -0.25) is 0 Å². The molecular formula is C15H12NNaO2S2. The van der Waals surface area contributed by atoms with Crippen LogP contribution in [0, 0.1) is 11.3 Å². The Balaban J connectivity index is 0.000000370. The van der Waals surface area contributed by atoms with Gasteiger partial charge in [0.15, 0.2) is 10.1 Å². The average Bonchev–Trinajstić information content (AvgIpc) is 2.49. The second-order valence-corrected chi connectivity index (χ2v) is 4.44. The van der Waals surface area contributed by atoms with E-state index in [1.165, 1.54) is 0 Å². The molecule has 2 rings (SSSR count). The second-order valence-electron chi connectivity index (χ2n) is 3.67. The third kappa shape index (κ3) is 7.32. The summed E-state index contributed by atoms with van der Waals surface area (Å²) in [6, 6.07) is 17.5. The Hall–Kier alpha value is -1.29. The number of benzene rings is 2. The fourth-order valence-corrected chi connectivity index (χ4v) is 1.54. The quantitative estimate of drug-likeness (QED) is 0.656. The number of nitrogens with zero attached hydrogens (tertiary/aromatic N) is 1. The van der Waals surface area contributed by atoms with Crippen LogP contribution in [0.4, 0.5) is 0 Å². The summed E-state index contributed by atoms with van der Waals surface area (Å²) in [5.41, 5.74) is 1.83. The maximum absolute atomic E-state index is 8.84. The molecule has 0 amide bonds. The maximum atomic E-state index is 8.84. The van der Waals surface area contributed by atoms with Gasteiger partial charge in [0.25, 0.3) is 0 Å². The number of hydrogen-bond acceptors (Lipinski definition) is 3. The fourth-order valence-electron chi connectivity index (χ4n) is 1.27. The first-order chi connectivity index (χ1) is 9.54. The third-order valence-electron chi connectivity index (χ3n) is 2.28. The van der Waals surface area contributed by atoms with Crippen LogP contribution in [0.2, 0.25) is 0 Å². The Kier molecular flexibility index (Phi) is 9.80. The van der Waals surface area contributed by atoms with Crippen molar-refractivity contribution in [2.45, 2.75) is 0 Å². The predicted molar refractivity (Wildman–Crippen MR) is 93.4 cm³/mol. The average molecular weight is 325 g/mol. The number of rotatable bonds is 2. The molecule has 0 aromatic heterocycles. The SMILES string of the molecule is N#Cc1ccc(C(O)=S)cc1.OC(=S)c1ccccc1.[NaH]. The molecule has 0 aliphatic carbocycles. The molecule has 0 unspecified atom stereocenters. The van der Waals surface area contributed by atoms with Crippen LogP contribution in [0.15, 0.2) is 54.6 Å². The molecule has 21 heavy (non-hydrogen) atoms. The van der Waals surface area contributed by atoms with Crippen molar-refractivity contribution in [1.82, 2.24) is 0 Å². The van der Waals surface area contributed by atoms with E-state index in [4.69, 9.17) is 15.5 Å². The molecular weight excluding hydrogens is 313 g/mol. The molecule has 0 bridgehead atoms. The Bertz CT molecular complexity index is 637. The number of thiocarbonyl (C=S) groups is 2. The van der Waals surface area contributed by atoms with E-state index in [0.29, 0.717) is 16.7 Å². The zero-order valence-electron chi connectivity index (χ0n) is 10.4. The van der Waals surface area contributed by atoms with Crippen molar-refractivity contribution in [3.05, 3.63) is 71.3 Å². The van der Waals surface area contributed by atoms with Crippen molar-refractivity contribution in [1.29, 1.82) is 5.26 Å². The van der Waals surface area contributed by atoms with E-state index in [0.717, 1.165) is 0 Å². The van der Waals surface area contributed by atoms with Crippen LogP contribution in [-0.4, -0.2) is 49.9 Å². The van der Waals surface area contributed by atoms with Gasteiger partial charge in [-0.25, -0.2) is 0 Å². The molecule has 2 aromatic rings. The van der Waals surface area contributed by atoms with Crippen LogP contribution in [0.25, 0.3) is 0 Å². The molecule has 0 saturated heterocycles. The molecule has 0 aliphatic heterocycles. The van der Waals surface area contributed by atoms with Gasteiger partial charge in [0.05, 0.1) is 11.6 Å². The van der Waals surface area contributed by atoms with Crippen LogP contribution in [-0.2, 0) is 0 Å². The number of hydrogen-bond donors (Lipinski definition) is 2. The van der Waals surface area contributed by atoms with Crippen LogP contribution < -0.4 is 0 Å². The first kappa shape index (κ1) is 19.7. The van der Waals surface area contributed by atoms with Gasteiger partial charge in [0.1, 0.15) is 0 Å². The number of aliphatic hydroxyl groups excluding tert-OH is 2. The molecule has 2 aromatic carbocycles. The summed E-state index contributed by atoms with van der Waals surface area (Å²) < 4.78 is 0. The summed E-state index contributed by atoms with van der Waals surface area (Å²) in [5.74, 6) is 0. The molecule has 102 valence electrons. The minimum atomic E-state index is -0.144. The van der Waals surface area contributed by atoms with E-state index < -0.39 is 0 Å². The van der Waals surface area contributed by atoms with Gasteiger partial charge >= 0.3 is 29.6 Å². The zero-order chi connectivity index (χ0) is 15.0. The standard InChI is InChI=1S/C8H5NOS.C7H6OS.Na.H/c9-5-6-1-3-7(4-2-6)8(10)11;8-7(9)6-4-2-1-3-5-6;;/h1-4H,(H,10,11);1-5H,(H,8,9);;. The summed E-state index contributed by atoms with van der Waals surface area (Å²) in [4.78, 5) is 0. The second kappa shape index (κ2) is 10.4. The van der Waals surface area contributed by atoms with E-state index in [9.17, 15) is 0 Å². The van der Waals surface area contributed by atoms with Crippen LogP contribution >= 0.6 is 24.4 Å². The molecule has 0 radical (unpaired) electrons. The van der Waals surface area contributed by atoms with E-state index >= 15 is 0 Å². The molecule has 0 fully saturated rings. The predicted octanol–water partition coefficient (Wildman–Crippen LogP) is 3.06. The van der Waals surface area contributed by atoms with E-state index in [2.05, 4.69) is 24.4 Å². The fraction of sp³-hybridized carbons (Fsp3) is 0. The topological polar surface area (TPSA) is 64.2 Å². The van der Waals surface area contributed by atoms with Crippen LogP contribution in [0.1, 0.15) is 16.7 Å². The van der Waals surface area contributed by atoms with Crippen molar-refractivity contribution >= 4 is 64.1 Å². The van der Waals surface area contributed by atoms with Gasteiger partial charge in [-0.1, -0.05) is 30.3 Å². The Morgan fingerprint density at radius 3 is 1.57 bits per heavy atom. The van der Waals surface area contributed by atoms with Gasteiger partial charge in [0.2, 0.25) is 0 Å². The molecule has 0 aliphatic rings. The molecule has 6 heteroatoms. The van der Waals surface area contributed by atoms with Crippen molar-refractivity contribution in [3.8, 4) is 6.07 Å². The zero-order valence-corrected chi connectivity index (χ0v) is 12.0. The molecule has 0 spiro atoms. The van der Waals surface area contributed by atoms with Gasteiger partial charge < -0.3 is 10.2 Å². The molecule has 2 N–H and O–H groups in total. The van der Waals surface area contributed by atoms with Gasteiger partial charge in [-0.05, 0) is 48.7 Å². The molecule has 3 nitrogen and oxygen atoms in total. The Morgan fingerprint density at radius 2 is 1.24 bits per heavy atom. The van der Waals surface area contributed by atoms with E-state index in [1.807, 2.05) is 24.3 Å². The summed E-state index contributed by atoms with van der Waals surface area (Å²) in [5, 5.41) is 25.8. The summed E-state index contributed by atoms with van der Waals surface area (Å²) >= 11 is 9.03. The molecule has 0 atom stereocenters. The Labute approximate surface area is 156 Å². The summed E-state index contributed by atoms with van der Waals surface area (Å²) in [6.07, 6.45) is 0. The molecule has 0 saturated carbocycles. The number of nitriles is 1. The van der Waals surface area contributed by atoms with Gasteiger partial charge in [-0.2, -0.15) is 5.26 Å². The minimum absolute atomic E-state index is 0. The van der Waals surface area contributed by atoms with Crippen molar-refractivity contribution in [3.63, 3.8) is 0 Å². The van der Waals surface area contributed by atoms with Crippen molar-refractivity contribution in [2.24, 2.45) is 0 Å². The van der Waals surface area contributed by atoms with Crippen molar-refractivity contribution in [2.75, 3.05) is 0 Å². The monoisotopic (exact) mass is 325 g/mol.